The monoisotopic (exact) mass is 384 g/mol. The number of hydrogen-bond donors (Lipinski definition) is 0. The minimum absolute atomic E-state index is 0.142. The van der Waals surface area contributed by atoms with Crippen molar-refractivity contribution >= 4 is 44.6 Å². The molecule has 2 aromatic rings. The summed E-state index contributed by atoms with van der Waals surface area (Å²) in [5.41, 5.74) is 0.619. The van der Waals surface area contributed by atoms with E-state index in [1.807, 2.05) is 24.1 Å². The highest BCUT2D eigenvalue weighted by Crippen LogP contribution is 2.29. The van der Waals surface area contributed by atoms with Crippen molar-refractivity contribution in [2.45, 2.75) is 6.54 Å². The average Bonchev–Trinajstić information content (AvgIpc) is 2.90. The highest BCUT2D eigenvalue weighted by atomic mass is 79.9. The number of esters is 1. The molecule has 8 heteroatoms. The first-order chi connectivity index (χ1) is 10.4. The van der Waals surface area contributed by atoms with Crippen molar-refractivity contribution in [3.05, 3.63) is 54.7 Å². The maximum absolute atomic E-state index is 11.9. The number of ether oxygens (including phenoxy) is 1. The first-order valence-electron chi connectivity index (χ1n) is 6.24. The van der Waals surface area contributed by atoms with Gasteiger partial charge in [0.05, 0.1) is 33.6 Å². The molecule has 2 rings (SSSR count). The molecule has 0 aliphatic heterocycles. The zero-order valence-electron chi connectivity index (χ0n) is 11.9. The lowest BCUT2D eigenvalue weighted by atomic mass is 10.1. The highest BCUT2D eigenvalue weighted by molar-refractivity contribution is 9.11. The van der Waals surface area contributed by atoms with Crippen LogP contribution in [0.5, 0.6) is 0 Å². The van der Waals surface area contributed by atoms with Crippen LogP contribution in [0.3, 0.4) is 0 Å². The fourth-order valence-electron chi connectivity index (χ4n) is 2.00. The van der Waals surface area contributed by atoms with Gasteiger partial charge in [0, 0.05) is 24.1 Å². The van der Waals surface area contributed by atoms with E-state index < -0.39 is 10.9 Å². The number of hydrogen-bond acceptors (Lipinski definition) is 6. The van der Waals surface area contributed by atoms with Gasteiger partial charge in [0.2, 0.25) is 0 Å². The van der Waals surface area contributed by atoms with Crippen LogP contribution in [0.2, 0.25) is 0 Å². The first kappa shape index (κ1) is 16.4. The topological polar surface area (TPSA) is 72.7 Å². The fourth-order valence-corrected chi connectivity index (χ4v) is 3.54. The minimum atomic E-state index is -0.599. The van der Waals surface area contributed by atoms with Crippen molar-refractivity contribution in [3.8, 4) is 0 Å². The Balaban J connectivity index is 2.35. The van der Waals surface area contributed by atoms with E-state index >= 15 is 0 Å². The first-order valence-corrected chi connectivity index (χ1v) is 7.85. The third-order valence-electron chi connectivity index (χ3n) is 3.03. The van der Waals surface area contributed by atoms with E-state index in [1.54, 1.807) is 17.4 Å². The van der Waals surface area contributed by atoms with Gasteiger partial charge in [-0.3, -0.25) is 10.1 Å². The Hall–Kier alpha value is -1.93. The summed E-state index contributed by atoms with van der Waals surface area (Å²) in [5.74, 6) is -0.599. The van der Waals surface area contributed by atoms with Crippen molar-refractivity contribution in [3.63, 3.8) is 0 Å². The lowest BCUT2D eigenvalue weighted by molar-refractivity contribution is -0.384. The van der Waals surface area contributed by atoms with Crippen LogP contribution < -0.4 is 4.90 Å². The van der Waals surface area contributed by atoms with Gasteiger partial charge in [-0.1, -0.05) is 0 Å². The van der Waals surface area contributed by atoms with Gasteiger partial charge in [0.1, 0.15) is 0 Å². The second-order valence-electron chi connectivity index (χ2n) is 4.51. The molecule has 0 bridgehead atoms. The second-order valence-corrected chi connectivity index (χ2v) is 7.06. The molecule has 22 heavy (non-hydrogen) atoms. The molecule has 1 aromatic carbocycles. The third kappa shape index (κ3) is 3.63. The smallest absolute Gasteiger partial charge is 0.340 e. The number of halogens is 1. The number of non-ortho nitro benzene ring substituents is 1. The number of anilines is 1. The average molecular weight is 385 g/mol. The Morgan fingerprint density at radius 2 is 2.14 bits per heavy atom. The van der Waals surface area contributed by atoms with Gasteiger partial charge in [0.25, 0.3) is 5.69 Å². The molecule has 1 aromatic heterocycles. The van der Waals surface area contributed by atoms with E-state index in [1.165, 1.54) is 19.2 Å². The number of nitro benzene ring substituents is 1. The van der Waals surface area contributed by atoms with E-state index in [9.17, 15) is 14.9 Å². The zero-order chi connectivity index (χ0) is 16.3. The summed E-state index contributed by atoms with van der Waals surface area (Å²) in [4.78, 5) is 25.2. The van der Waals surface area contributed by atoms with Crippen LogP contribution in [0.4, 0.5) is 11.4 Å². The van der Waals surface area contributed by atoms with Gasteiger partial charge in [0.15, 0.2) is 0 Å². The maximum Gasteiger partial charge on any atom is 0.340 e. The van der Waals surface area contributed by atoms with E-state index in [2.05, 4.69) is 15.9 Å². The lowest BCUT2D eigenvalue weighted by Gasteiger charge is -2.20. The maximum atomic E-state index is 11.9. The number of methoxy groups -OCH3 is 1. The molecule has 0 N–H and O–H groups in total. The van der Waals surface area contributed by atoms with Gasteiger partial charge in [-0.15, -0.1) is 11.3 Å². The summed E-state index contributed by atoms with van der Waals surface area (Å²) in [6, 6.07) is 8.11. The number of carbonyl (C=O) groups excluding carboxylic acids is 1. The SMILES string of the molecule is COC(=O)c1cc([N+](=O)[O-])ccc1N(C)Cc1ccc(Br)s1. The summed E-state index contributed by atoms with van der Waals surface area (Å²) in [7, 11) is 3.07. The molecule has 0 saturated carbocycles. The van der Waals surface area contributed by atoms with Gasteiger partial charge >= 0.3 is 5.97 Å². The molecule has 0 aliphatic rings. The van der Waals surface area contributed by atoms with Crippen LogP contribution in [0.25, 0.3) is 0 Å². The number of thiophene rings is 1. The van der Waals surface area contributed by atoms with Crippen molar-refractivity contribution in [2.24, 2.45) is 0 Å². The van der Waals surface area contributed by atoms with E-state index in [0.29, 0.717) is 12.2 Å². The van der Waals surface area contributed by atoms with E-state index in [4.69, 9.17) is 4.74 Å². The number of benzene rings is 1. The summed E-state index contributed by atoms with van der Waals surface area (Å²) in [6.45, 7) is 0.581. The molecule has 0 amide bonds. The molecule has 6 nitrogen and oxygen atoms in total. The molecule has 1 heterocycles. The summed E-state index contributed by atoms with van der Waals surface area (Å²) in [6.07, 6.45) is 0. The third-order valence-corrected chi connectivity index (χ3v) is 4.64. The van der Waals surface area contributed by atoms with Crippen LogP contribution in [0, 0.1) is 10.1 Å². The van der Waals surface area contributed by atoms with Crippen LogP contribution in [-0.4, -0.2) is 25.1 Å². The van der Waals surface area contributed by atoms with Gasteiger partial charge in [-0.05, 0) is 34.1 Å². The summed E-state index contributed by atoms with van der Waals surface area (Å²) in [5, 5.41) is 10.9. The lowest BCUT2D eigenvalue weighted by Crippen LogP contribution is -2.19. The summed E-state index contributed by atoms with van der Waals surface area (Å²) < 4.78 is 5.74. The van der Waals surface area contributed by atoms with Gasteiger partial charge in [-0.2, -0.15) is 0 Å². The predicted molar refractivity (Wildman–Crippen MR) is 88.6 cm³/mol. The Labute approximate surface area is 139 Å². The zero-order valence-corrected chi connectivity index (χ0v) is 14.3. The summed E-state index contributed by atoms with van der Waals surface area (Å²) >= 11 is 4.99. The Morgan fingerprint density at radius 3 is 2.68 bits per heavy atom. The van der Waals surface area contributed by atoms with Crippen molar-refractivity contribution in [1.82, 2.24) is 0 Å². The Morgan fingerprint density at radius 1 is 1.41 bits per heavy atom. The van der Waals surface area contributed by atoms with Crippen LogP contribution in [0.15, 0.2) is 34.1 Å². The Kier molecular flexibility index (Phi) is 5.15. The molecule has 116 valence electrons. The molecule has 0 aliphatic carbocycles. The number of carbonyl (C=O) groups is 1. The van der Waals surface area contributed by atoms with E-state index in [0.717, 1.165) is 8.66 Å². The van der Waals surface area contributed by atoms with Crippen LogP contribution >= 0.6 is 27.3 Å². The Bertz CT molecular complexity index is 717. The molecule has 0 radical (unpaired) electrons. The quantitative estimate of drug-likeness (QED) is 0.444. The second kappa shape index (κ2) is 6.89. The van der Waals surface area contributed by atoms with Gasteiger partial charge < -0.3 is 9.64 Å². The highest BCUT2D eigenvalue weighted by Gasteiger charge is 2.20. The number of nitrogens with zero attached hydrogens (tertiary/aromatic N) is 2. The molecule has 0 spiro atoms. The largest absolute Gasteiger partial charge is 0.465 e. The number of nitro groups is 1. The molecule has 0 fully saturated rings. The van der Waals surface area contributed by atoms with Crippen molar-refractivity contribution in [1.29, 1.82) is 0 Å². The predicted octanol–water partition coefficient (Wildman–Crippen LogP) is 3.84. The minimum Gasteiger partial charge on any atom is -0.465 e. The standard InChI is InChI=1S/C14H13BrN2O4S/c1-16(8-10-4-6-13(15)22-10)12-5-3-9(17(19)20)7-11(12)14(18)21-2/h3-7H,8H2,1-2H3. The van der Waals surface area contributed by atoms with E-state index in [-0.39, 0.29) is 11.3 Å². The molecule has 0 saturated heterocycles. The van der Waals surface area contributed by atoms with Crippen molar-refractivity contribution in [2.75, 3.05) is 19.1 Å². The fraction of sp³-hybridized carbons (Fsp3) is 0.214. The molecule has 0 atom stereocenters. The van der Waals surface area contributed by atoms with Crippen LogP contribution in [-0.2, 0) is 11.3 Å². The van der Waals surface area contributed by atoms with Crippen molar-refractivity contribution < 1.29 is 14.5 Å². The molecular weight excluding hydrogens is 372 g/mol. The molecule has 0 unspecified atom stereocenters. The van der Waals surface area contributed by atoms with Crippen LogP contribution in [0.1, 0.15) is 15.2 Å². The molecular formula is C14H13BrN2O4S. The number of rotatable bonds is 5. The normalized spacial score (nSPS) is 10.3. The van der Waals surface area contributed by atoms with Gasteiger partial charge in [-0.25, -0.2) is 4.79 Å².